The van der Waals surface area contributed by atoms with Gasteiger partial charge in [0.1, 0.15) is 24.5 Å². The number of nitrogens with two attached hydrogens (primary N) is 1. The van der Waals surface area contributed by atoms with Crippen LogP contribution in [0.5, 0.6) is 5.75 Å². The lowest BCUT2D eigenvalue weighted by Gasteiger charge is -2.32. The summed E-state index contributed by atoms with van der Waals surface area (Å²) in [6, 6.07) is 9.79. The Hall–Kier alpha value is -1.85. The molecule has 0 bridgehead atoms. The van der Waals surface area contributed by atoms with E-state index in [0.29, 0.717) is 23.6 Å². The smallest absolute Gasteiger partial charge is 0.132 e. The quantitative estimate of drug-likeness (QED) is 0.881. The third-order valence-electron chi connectivity index (χ3n) is 4.15. The highest BCUT2D eigenvalue weighted by Crippen LogP contribution is 2.35. The van der Waals surface area contributed by atoms with Crippen LogP contribution in [0.3, 0.4) is 0 Å². The lowest BCUT2D eigenvalue weighted by atomic mass is 9.78. The van der Waals surface area contributed by atoms with Crippen molar-refractivity contribution in [1.29, 1.82) is 0 Å². The van der Waals surface area contributed by atoms with Crippen LogP contribution in [0.2, 0.25) is 5.02 Å². The molecule has 1 saturated carbocycles. The monoisotopic (exact) mass is 332 g/mol. The summed E-state index contributed by atoms with van der Waals surface area (Å²) in [5, 5.41) is 0.676. The van der Waals surface area contributed by atoms with Crippen molar-refractivity contribution in [2.24, 2.45) is 5.73 Å². The van der Waals surface area contributed by atoms with Crippen molar-refractivity contribution in [2.75, 3.05) is 25.1 Å². The Morgan fingerprint density at radius 3 is 2.87 bits per heavy atom. The normalized spacial score (nSPS) is 20.0. The molecule has 0 amide bonds. The number of halogens is 1. The van der Waals surface area contributed by atoms with E-state index in [4.69, 9.17) is 22.1 Å². The van der Waals surface area contributed by atoms with Gasteiger partial charge in [-0.1, -0.05) is 17.7 Å². The highest BCUT2D eigenvalue weighted by atomic mass is 35.5. The Morgan fingerprint density at radius 2 is 2.13 bits per heavy atom. The van der Waals surface area contributed by atoms with E-state index in [9.17, 15) is 0 Å². The number of nitrogens with zero attached hydrogens (tertiary/aromatic N) is 3. The van der Waals surface area contributed by atoms with Crippen LogP contribution >= 0.6 is 11.6 Å². The number of aromatic nitrogens is 2. The molecule has 23 heavy (non-hydrogen) atoms. The maximum atomic E-state index is 5.94. The standard InChI is InChI=1S/C17H21ClN4O/c1-22(5-6-23-15-4-2-3-13(18)9-15)17-10-16(20-11-21-17)12-7-14(19)8-12/h2-4,9-12,14H,5-8,19H2,1H3. The highest BCUT2D eigenvalue weighted by Gasteiger charge is 2.28. The van der Waals surface area contributed by atoms with Gasteiger partial charge >= 0.3 is 0 Å². The summed E-state index contributed by atoms with van der Waals surface area (Å²) in [6.07, 6.45) is 3.65. The van der Waals surface area contributed by atoms with Crippen LogP contribution in [-0.4, -0.2) is 36.2 Å². The molecule has 2 N–H and O–H groups in total. The lowest BCUT2D eigenvalue weighted by Crippen LogP contribution is -2.35. The van der Waals surface area contributed by atoms with Gasteiger partial charge in [-0.15, -0.1) is 0 Å². The second-order valence-electron chi connectivity index (χ2n) is 5.96. The summed E-state index contributed by atoms with van der Waals surface area (Å²) in [6.45, 7) is 1.29. The van der Waals surface area contributed by atoms with Gasteiger partial charge in [0.05, 0.1) is 6.54 Å². The van der Waals surface area contributed by atoms with Crippen LogP contribution < -0.4 is 15.4 Å². The SMILES string of the molecule is CN(CCOc1cccc(Cl)c1)c1cc(C2CC(N)C2)ncn1. The van der Waals surface area contributed by atoms with Gasteiger partial charge in [-0.3, -0.25) is 0 Å². The third kappa shape index (κ3) is 4.12. The molecule has 1 aromatic carbocycles. The zero-order chi connectivity index (χ0) is 16.2. The molecule has 5 nitrogen and oxygen atoms in total. The lowest BCUT2D eigenvalue weighted by molar-refractivity contribution is 0.325. The van der Waals surface area contributed by atoms with Gasteiger partial charge in [0.25, 0.3) is 0 Å². The van der Waals surface area contributed by atoms with Crippen LogP contribution in [0.4, 0.5) is 5.82 Å². The van der Waals surface area contributed by atoms with E-state index in [-0.39, 0.29) is 0 Å². The van der Waals surface area contributed by atoms with Crippen LogP contribution in [0.15, 0.2) is 36.7 Å². The van der Waals surface area contributed by atoms with Gasteiger partial charge < -0.3 is 15.4 Å². The molecule has 0 saturated heterocycles. The van der Waals surface area contributed by atoms with Crippen molar-refractivity contribution >= 4 is 17.4 Å². The number of benzene rings is 1. The maximum absolute atomic E-state index is 5.94. The molecule has 122 valence electrons. The Morgan fingerprint density at radius 1 is 1.30 bits per heavy atom. The molecule has 1 heterocycles. The zero-order valence-electron chi connectivity index (χ0n) is 13.2. The molecule has 1 aliphatic carbocycles. The molecular formula is C17H21ClN4O. The molecule has 1 aliphatic rings. The third-order valence-corrected chi connectivity index (χ3v) is 4.38. The van der Waals surface area contributed by atoms with Crippen LogP contribution in [0.25, 0.3) is 0 Å². The van der Waals surface area contributed by atoms with E-state index >= 15 is 0 Å². The van der Waals surface area contributed by atoms with Crippen molar-refractivity contribution in [1.82, 2.24) is 9.97 Å². The minimum Gasteiger partial charge on any atom is -0.492 e. The van der Waals surface area contributed by atoms with E-state index in [2.05, 4.69) is 20.9 Å². The average Bonchev–Trinajstić information content (AvgIpc) is 2.52. The van der Waals surface area contributed by atoms with Crippen LogP contribution in [-0.2, 0) is 0 Å². The van der Waals surface area contributed by atoms with Crippen LogP contribution in [0, 0.1) is 0 Å². The van der Waals surface area contributed by atoms with E-state index in [0.717, 1.165) is 36.6 Å². The van der Waals surface area contributed by atoms with E-state index in [1.165, 1.54) is 0 Å². The van der Waals surface area contributed by atoms with Gasteiger partial charge in [-0.2, -0.15) is 0 Å². The number of anilines is 1. The molecule has 1 aromatic heterocycles. The van der Waals surface area contributed by atoms with Crippen LogP contribution in [0.1, 0.15) is 24.5 Å². The first-order valence-corrected chi connectivity index (χ1v) is 8.16. The maximum Gasteiger partial charge on any atom is 0.132 e. The highest BCUT2D eigenvalue weighted by molar-refractivity contribution is 6.30. The fourth-order valence-corrected chi connectivity index (χ4v) is 2.85. The Labute approximate surface area is 141 Å². The topological polar surface area (TPSA) is 64.3 Å². The van der Waals surface area contributed by atoms with E-state index < -0.39 is 0 Å². The van der Waals surface area contributed by atoms with Crippen molar-refractivity contribution in [3.8, 4) is 5.75 Å². The van der Waals surface area contributed by atoms with Gasteiger partial charge in [0.2, 0.25) is 0 Å². The van der Waals surface area contributed by atoms with Gasteiger partial charge in [0.15, 0.2) is 0 Å². The fourth-order valence-electron chi connectivity index (χ4n) is 2.67. The first-order valence-electron chi connectivity index (χ1n) is 7.79. The molecule has 3 rings (SSSR count). The second-order valence-corrected chi connectivity index (χ2v) is 6.39. The minimum atomic E-state index is 0.322. The summed E-state index contributed by atoms with van der Waals surface area (Å²) in [4.78, 5) is 10.8. The Bertz CT molecular complexity index is 661. The van der Waals surface area contributed by atoms with Crippen molar-refractivity contribution in [3.63, 3.8) is 0 Å². The molecule has 1 fully saturated rings. The Balaban J connectivity index is 1.53. The van der Waals surface area contributed by atoms with Gasteiger partial charge in [-0.25, -0.2) is 9.97 Å². The summed E-state index contributed by atoms with van der Waals surface area (Å²) in [5.41, 5.74) is 6.94. The van der Waals surface area contributed by atoms with Gasteiger partial charge in [-0.05, 0) is 31.0 Å². The number of hydrogen-bond acceptors (Lipinski definition) is 5. The molecular weight excluding hydrogens is 312 g/mol. The predicted molar refractivity (Wildman–Crippen MR) is 92.2 cm³/mol. The number of likely N-dealkylation sites (N-methyl/N-ethyl adjacent to an activating group) is 1. The molecule has 0 atom stereocenters. The van der Waals surface area contributed by atoms with E-state index in [1.54, 1.807) is 6.33 Å². The van der Waals surface area contributed by atoms with Crippen molar-refractivity contribution in [3.05, 3.63) is 47.4 Å². The summed E-state index contributed by atoms with van der Waals surface area (Å²) < 4.78 is 5.72. The fraction of sp³-hybridized carbons (Fsp3) is 0.412. The number of rotatable bonds is 6. The number of ether oxygens (including phenoxy) is 1. The molecule has 6 heteroatoms. The molecule has 0 aliphatic heterocycles. The first-order chi connectivity index (χ1) is 11.1. The van der Waals surface area contributed by atoms with Crippen molar-refractivity contribution < 1.29 is 4.74 Å². The number of hydrogen-bond donors (Lipinski definition) is 1. The van der Waals surface area contributed by atoms with Gasteiger partial charge in [0, 0.05) is 35.8 Å². The molecule has 2 aromatic rings. The first kappa shape index (κ1) is 16.0. The summed E-state index contributed by atoms with van der Waals surface area (Å²) in [7, 11) is 2.00. The second kappa shape index (κ2) is 7.15. The van der Waals surface area contributed by atoms with Crippen molar-refractivity contribution in [2.45, 2.75) is 24.8 Å². The zero-order valence-corrected chi connectivity index (χ0v) is 13.9. The molecule has 0 unspecified atom stereocenters. The molecule has 0 spiro atoms. The largest absolute Gasteiger partial charge is 0.492 e. The predicted octanol–water partition coefficient (Wildman–Crippen LogP) is 2.85. The summed E-state index contributed by atoms with van der Waals surface area (Å²) >= 11 is 5.94. The summed E-state index contributed by atoms with van der Waals surface area (Å²) in [5.74, 6) is 2.16. The van der Waals surface area contributed by atoms with E-state index in [1.807, 2.05) is 31.3 Å². The minimum absolute atomic E-state index is 0.322. The Kier molecular flexibility index (Phi) is 4.98. The molecule has 0 radical (unpaired) electrons. The average molecular weight is 333 g/mol.